The minimum atomic E-state index is 0.452. The van der Waals surface area contributed by atoms with Gasteiger partial charge in [0.15, 0.2) is 0 Å². The van der Waals surface area contributed by atoms with Crippen LogP contribution in [-0.4, -0.2) is 24.2 Å². The molecule has 1 aliphatic carbocycles. The maximum Gasteiger partial charge on any atom is 0.0586 e. The van der Waals surface area contributed by atoms with Crippen molar-refractivity contribution in [2.75, 3.05) is 7.11 Å². The van der Waals surface area contributed by atoms with Crippen LogP contribution < -0.4 is 5.32 Å². The van der Waals surface area contributed by atoms with Crippen LogP contribution in [0.5, 0.6) is 0 Å². The molecule has 0 amide bonds. The van der Waals surface area contributed by atoms with Crippen molar-refractivity contribution in [2.24, 2.45) is 0 Å². The van der Waals surface area contributed by atoms with E-state index in [1.165, 1.54) is 24.0 Å². The third kappa shape index (κ3) is 3.03. The SMILES string of the molecule is COC1CCC(NCc2cncc(C)c2)C1. The van der Waals surface area contributed by atoms with Crippen LogP contribution in [0.25, 0.3) is 0 Å². The van der Waals surface area contributed by atoms with Gasteiger partial charge in [-0.25, -0.2) is 0 Å². The van der Waals surface area contributed by atoms with Crippen LogP contribution in [-0.2, 0) is 11.3 Å². The highest BCUT2D eigenvalue weighted by atomic mass is 16.5. The molecule has 3 heteroatoms. The lowest BCUT2D eigenvalue weighted by atomic mass is 10.2. The van der Waals surface area contributed by atoms with Gasteiger partial charge in [0.25, 0.3) is 0 Å². The number of nitrogens with one attached hydrogen (secondary N) is 1. The zero-order chi connectivity index (χ0) is 11.4. The van der Waals surface area contributed by atoms with Crippen LogP contribution in [0.1, 0.15) is 30.4 Å². The Labute approximate surface area is 97.2 Å². The fraction of sp³-hybridized carbons (Fsp3) is 0.615. The van der Waals surface area contributed by atoms with Gasteiger partial charge in [-0.1, -0.05) is 6.07 Å². The molecule has 0 aliphatic heterocycles. The fourth-order valence-electron chi connectivity index (χ4n) is 2.32. The quantitative estimate of drug-likeness (QED) is 0.843. The highest BCUT2D eigenvalue weighted by Gasteiger charge is 2.23. The molecule has 1 aromatic heterocycles. The molecule has 1 N–H and O–H groups in total. The fourth-order valence-corrected chi connectivity index (χ4v) is 2.32. The predicted molar refractivity (Wildman–Crippen MR) is 64.2 cm³/mol. The number of nitrogens with zero attached hydrogens (tertiary/aromatic N) is 1. The monoisotopic (exact) mass is 220 g/mol. The Balaban J connectivity index is 1.80. The number of hydrogen-bond donors (Lipinski definition) is 1. The lowest BCUT2D eigenvalue weighted by molar-refractivity contribution is 0.107. The Morgan fingerprint density at radius 1 is 1.44 bits per heavy atom. The van der Waals surface area contributed by atoms with Crippen molar-refractivity contribution >= 4 is 0 Å². The lowest BCUT2D eigenvalue weighted by Crippen LogP contribution is -2.26. The van der Waals surface area contributed by atoms with Gasteiger partial charge in [-0.3, -0.25) is 4.98 Å². The van der Waals surface area contributed by atoms with Gasteiger partial charge in [0.2, 0.25) is 0 Å². The summed E-state index contributed by atoms with van der Waals surface area (Å²) in [7, 11) is 1.80. The van der Waals surface area contributed by atoms with Crippen LogP contribution in [0.4, 0.5) is 0 Å². The van der Waals surface area contributed by atoms with Gasteiger partial charge in [-0.05, 0) is 37.3 Å². The Morgan fingerprint density at radius 3 is 3.00 bits per heavy atom. The number of rotatable bonds is 4. The van der Waals surface area contributed by atoms with Crippen molar-refractivity contribution < 1.29 is 4.74 Å². The molecule has 2 atom stereocenters. The summed E-state index contributed by atoms with van der Waals surface area (Å²) in [6, 6.07) is 2.79. The van der Waals surface area contributed by atoms with E-state index in [1.807, 2.05) is 12.4 Å². The van der Waals surface area contributed by atoms with E-state index in [0.29, 0.717) is 12.1 Å². The third-order valence-electron chi connectivity index (χ3n) is 3.24. The third-order valence-corrected chi connectivity index (χ3v) is 3.24. The summed E-state index contributed by atoms with van der Waals surface area (Å²) >= 11 is 0. The molecule has 1 aliphatic rings. The van der Waals surface area contributed by atoms with Crippen LogP contribution in [0.2, 0.25) is 0 Å². The van der Waals surface area contributed by atoms with Crippen LogP contribution in [0.3, 0.4) is 0 Å². The summed E-state index contributed by atoms with van der Waals surface area (Å²) in [6.45, 7) is 2.99. The first-order valence-electron chi connectivity index (χ1n) is 5.94. The number of ether oxygens (including phenoxy) is 1. The smallest absolute Gasteiger partial charge is 0.0586 e. The Morgan fingerprint density at radius 2 is 2.31 bits per heavy atom. The predicted octanol–water partition coefficient (Wildman–Crippen LogP) is 2.05. The topological polar surface area (TPSA) is 34.1 Å². The highest BCUT2D eigenvalue weighted by molar-refractivity contribution is 5.16. The molecule has 16 heavy (non-hydrogen) atoms. The van der Waals surface area contributed by atoms with E-state index in [4.69, 9.17) is 4.74 Å². The van der Waals surface area contributed by atoms with Crippen molar-refractivity contribution in [3.05, 3.63) is 29.6 Å². The molecular formula is C13H20N2O. The average molecular weight is 220 g/mol. The number of pyridine rings is 1. The van der Waals surface area contributed by atoms with Crippen molar-refractivity contribution in [3.8, 4) is 0 Å². The van der Waals surface area contributed by atoms with Gasteiger partial charge in [0, 0.05) is 32.1 Å². The summed E-state index contributed by atoms with van der Waals surface area (Å²) in [5.41, 5.74) is 2.49. The number of aromatic nitrogens is 1. The molecule has 0 aromatic carbocycles. The van der Waals surface area contributed by atoms with Gasteiger partial charge in [-0.15, -0.1) is 0 Å². The summed E-state index contributed by atoms with van der Waals surface area (Å²) in [4.78, 5) is 4.20. The largest absolute Gasteiger partial charge is 0.381 e. The van der Waals surface area contributed by atoms with Crippen LogP contribution in [0, 0.1) is 6.92 Å². The van der Waals surface area contributed by atoms with Crippen LogP contribution in [0.15, 0.2) is 18.5 Å². The Hall–Kier alpha value is -0.930. The first-order valence-corrected chi connectivity index (χ1v) is 5.94. The zero-order valence-electron chi connectivity index (χ0n) is 10.1. The second-order valence-electron chi connectivity index (χ2n) is 4.62. The van der Waals surface area contributed by atoms with E-state index in [-0.39, 0.29) is 0 Å². The van der Waals surface area contributed by atoms with Gasteiger partial charge < -0.3 is 10.1 Å². The number of hydrogen-bond acceptors (Lipinski definition) is 3. The molecule has 2 rings (SSSR count). The van der Waals surface area contributed by atoms with E-state index in [9.17, 15) is 0 Å². The first-order chi connectivity index (χ1) is 7.78. The molecule has 0 bridgehead atoms. The minimum absolute atomic E-state index is 0.452. The minimum Gasteiger partial charge on any atom is -0.381 e. The summed E-state index contributed by atoms with van der Waals surface area (Å²) in [5.74, 6) is 0. The molecule has 0 radical (unpaired) electrons. The van der Waals surface area contributed by atoms with Crippen molar-refractivity contribution in [1.82, 2.24) is 10.3 Å². The molecule has 1 fully saturated rings. The Kier molecular flexibility index (Phi) is 3.91. The second kappa shape index (κ2) is 5.41. The molecule has 3 nitrogen and oxygen atoms in total. The van der Waals surface area contributed by atoms with Crippen molar-refractivity contribution in [2.45, 2.75) is 44.9 Å². The van der Waals surface area contributed by atoms with Crippen molar-refractivity contribution in [3.63, 3.8) is 0 Å². The summed E-state index contributed by atoms with van der Waals surface area (Å²) < 4.78 is 5.36. The first kappa shape index (κ1) is 11.6. The maximum absolute atomic E-state index is 5.36. The molecule has 2 unspecified atom stereocenters. The molecule has 88 valence electrons. The van der Waals surface area contributed by atoms with Crippen LogP contribution >= 0.6 is 0 Å². The van der Waals surface area contributed by atoms with Gasteiger partial charge in [-0.2, -0.15) is 0 Å². The number of methoxy groups -OCH3 is 1. The maximum atomic E-state index is 5.36. The van der Waals surface area contributed by atoms with E-state index < -0.39 is 0 Å². The summed E-state index contributed by atoms with van der Waals surface area (Å²) in [6.07, 6.45) is 7.81. The van der Waals surface area contributed by atoms with Crippen molar-refractivity contribution in [1.29, 1.82) is 0 Å². The van der Waals surface area contributed by atoms with E-state index in [1.54, 1.807) is 7.11 Å². The van der Waals surface area contributed by atoms with E-state index in [0.717, 1.165) is 13.0 Å². The average Bonchev–Trinajstić information content (AvgIpc) is 2.74. The molecule has 1 heterocycles. The zero-order valence-corrected chi connectivity index (χ0v) is 10.1. The lowest BCUT2D eigenvalue weighted by Gasteiger charge is -2.12. The molecule has 1 saturated carbocycles. The second-order valence-corrected chi connectivity index (χ2v) is 4.62. The van der Waals surface area contributed by atoms with E-state index in [2.05, 4.69) is 23.3 Å². The molecule has 0 spiro atoms. The standard InChI is InChI=1S/C13H20N2O/c1-10-5-11(8-14-7-10)9-15-12-3-4-13(6-12)16-2/h5,7-8,12-13,15H,3-4,6,9H2,1-2H3. The van der Waals surface area contributed by atoms with Gasteiger partial charge in [0.1, 0.15) is 0 Å². The van der Waals surface area contributed by atoms with E-state index >= 15 is 0 Å². The normalized spacial score (nSPS) is 24.9. The highest BCUT2D eigenvalue weighted by Crippen LogP contribution is 2.21. The van der Waals surface area contributed by atoms with Gasteiger partial charge in [0.05, 0.1) is 6.10 Å². The number of aryl methyl sites for hydroxylation is 1. The molecule has 0 saturated heterocycles. The summed E-state index contributed by atoms with van der Waals surface area (Å²) in [5, 5.41) is 3.57. The van der Waals surface area contributed by atoms with Gasteiger partial charge >= 0.3 is 0 Å². The Bertz CT molecular complexity index is 340. The molecular weight excluding hydrogens is 200 g/mol. The molecule has 1 aromatic rings.